The standard InChI is InChI=1S/C83H144O17P2/c1-5-9-13-17-21-25-29-33-37-38-42-46-50-54-58-62-66-70-83(88)100-79(74-94-81(86)68-64-60-56-52-48-44-40-35-31-27-23-19-15-11-7-3)76-98-102(91,92)96-72-77(84)71-95-101(89,90)97-75-78(99-82(87)69-65-61-57-53-49-45-41-36-32-28-24-20-16-12-8-4)73-93-80(85)67-63-59-55-51-47-43-39-34-30-26-22-18-14-10-6-2/h21-23,25-27,33-37,39-42,46,54,58,77-79,84H,5-20,24,28-32,38,43-45,47-53,55-57,59-76H2,1-4H3,(H,89,90)(H,91,92)/b25-21-,26-22-,27-23-,37-33-,39-34-,40-35-,41-36-,46-42-,58-54-/t77-,78+,79+/m0/s1. The normalized spacial score (nSPS) is 14.5. The zero-order valence-corrected chi connectivity index (χ0v) is 66.0. The Balaban J connectivity index is 5.44. The lowest BCUT2D eigenvalue weighted by Crippen LogP contribution is -2.30. The Morgan fingerprint density at radius 2 is 0.490 bits per heavy atom. The van der Waals surface area contributed by atoms with Gasteiger partial charge in [0.05, 0.1) is 26.4 Å². The fraction of sp³-hybridized carbons (Fsp3) is 0.735. The van der Waals surface area contributed by atoms with Crippen LogP contribution < -0.4 is 0 Å². The van der Waals surface area contributed by atoms with E-state index < -0.39 is 97.5 Å². The van der Waals surface area contributed by atoms with E-state index in [1.807, 2.05) is 12.2 Å². The minimum atomic E-state index is -5.00. The fourth-order valence-electron chi connectivity index (χ4n) is 10.5. The molecule has 0 rings (SSSR count). The van der Waals surface area contributed by atoms with Crippen molar-refractivity contribution >= 4 is 39.5 Å². The van der Waals surface area contributed by atoms with Crippen molar-refractivity contribution < 1.29 is 80.2 Å². The first-order valence-corrected chi connectivity index (χ1v) is 43.1. The molecule has 0 aromatic carbocycles. The van der Waals surface area contributed by atoms with Crippen LogP contribution in [0.5, 0.6) is 0 Å². The minimum Gasteiger partial charge on any atom is -0.462 e. The van der Waals surface area contributed by atoms with Crippen LogP contribution >= 0.6 is 15.6 Å². The van der Waals surface area contributed by atoms with Crippen molar-refractivity contribution in [3.05, 3.63) is 109 Å². The molecule has 2 unspecified atom stereocenters. The molecular formula is C83H144O17P2. The molecule has 0 saturated carbocycles. The zero-order chi connectivity index (χ0) is 74.6. The SMILES string of the molecule is CCCCC/C=C\C/C=C\C/C=C\C/C=C\CCCC(=O)O[C@H](COC(=O)CCCCCCC/C=C\C/C=C\CCCCC)COP(=O)(O)OC[C@@H](O)COP(=O)(O)OC[C@@H](COC(=O)CCCCCCC/C=C\C/C=C\CCCCC)OC(=O)CCCCCCC/C=C\CCCCCCCC. The number of ether oxygens (including phenoxy) is 4. The number of phosphoric ester groups is 2. The lowest BCUT2D eigenvalue weighted by atomic mass is 10.1. The molecule has 0 aliphatic heterocycles. The van der Waals surface area contributed by atoms with Gasteiger partial charge < -0.3 is 33.8 Å². The molecule has 17 nitrogen and oxygen atoms in total. The maximum Gasteiger partial charge on any atom is 0.472 e. The minimum absolute atomic E-state index is 0.0148. The molecule has 0 spiro atoms. The fourth-order valence-corrected chi connectivity index (χ4v) is 12.1. The van der Waals surface area contributed by atoms with Crippen molar-refractivity contribution in [2.24, 2.45) is 0 Å². The molecule has 0 amide bonds. The van der Waals surface area contributed by atoms with E-state index >= 15 is 0 Å². The predicted molar refractivity (Wildman–Crippen MR) is 418 cm³/mol. The lowest BCUT2D eigenvalue weighted by Gasteiger charge is -2.21. The van der Waals surface area contributed by atoms with E-state index in [1.165, 1.54) is 96.3 Å². The Hall–Kier alpha value is -4.28. The lowest BCUT2D eigenvalue weighted by molar-refractivity contribution is -0.161. The molecule has 19 heteroatoms. The molecule has 0 radical (unpaired) electrons. The topological polar surface area (TPSA) is 237 Å². The molecule has 0 fully saturated rings. The number of rotatable bonds is 75. The summed E-state index contributed by atoms with van der Waals surface area (Å²) in [5.41, 5.74) is 0. The second-order valence-electron chi connectivity index (χ2n) is 26.6. The van der Waals surface area contributed by atoms with Crippen LogP contribution in [0.2, 0.25) is 0 Å². The predicted octanol–water partition coefficient (Wildman–Crippen LogP) is 23.3. The van der Waals surface area contributed by atoms with Gasteiger partial charge >= 0.3 is 39.5 Å². The number of aliphatic hydroxyl groups excluding tert-OH is 1. The first-order chi connectivity index (χ1) is 49.7. The summed E-state index contributed by atoms with van der Waals surface area (Å²) in [5.74, 6) is -2.27. The molecule has 0 heterocycles. The summed E-state index contributed by atoms with van der Waals surface area (Å²) in [5, 5.41) is 10.6. The highest BCUT2D eigenvalue weighted by atomic mass is 31.2. The molecule has 0 aromatic rings. The van der Waals surface area contributed by atoms with E-state index in [0.717, 1.165) is 154 Å². The van der Waals surface area contributed by atoms with Gasteiger partial charge in [-0.2, -0.15) is 0 Å². The number of unbranched alkanes of at least 4 members (excludes halogenated alkanes) is 31. The second kappa shape index (κ2) is 75.0. The Morgan fingerprint density at radius 3 is 0.804 bits per heavy atom. The Bertz CT molecular complexity index is 2360. The van der Waals surface area contributed by atoms with Gasteiger partial charge in [-0.1, -0.05) is 265 Å². The van der Waals surface area contributed by atoms with E-state index in [-0.39, 0.29) is 25.7 Å². The molecule has 3 N–H and O–H groups in total. The van der Waals surface area contributed by atoms with Gasteiger partial charge in [0.1, 0.15) is 19.3 Å². The van der Waals surface area contributed by atoms with E-state index in [2.05, 4.69) is 125 Å². The molecule has 0 saturated heterocycles. The smallest absolute Gasteiger partial charge is 0.462 e. The van der Waals surface area contributed by atoms with Crippen molar-refractivity contribution in [2.45, 2.75) is 354 Å². The summed E-state index contributed by atoms with van der Waals surface area (Å²) in [4.78, 5) is 73.0. The van der Waals surface area contributed by atoms with Crippen molar-refractivity contribution in [1.82, 2.24) is 0 Å². The number of carbonyl (C=O) groups excluding carboxylic acids is 4. The Labute approximate surface area is 619 Å². The highest BCUT2D eigenvalue weighted by Crippen LogP contribution is 2.45. The van der Waals surface area contributed by atoms with Crippen molar-refractivity contribution in [1.29, 1.82) is 0 Å². The van der Waals surface area contributed by atoms with Gasteiger partial charge in [-0.3, -0.25) is 37.3 Å². The summed E-state index contributed by atoms with van der Waals surface area (Å²) < 4.78 is 68.5. The third-order valence-corrected chi connectivity index (χ3v) is 18.6. The van der Waals surface area contributed by atoms with Crippen LogP contribution in [-0.2, 0) is 65.4 Å². The van der Waals surface area contributed by atoms with Crippen molar-refractivity contribution in [3.8, 4) is 0 Å². The highest BCUT2D eigenvalue weighted by Gasteiger charge is 2.30. The maximum atomic E-state index is 13.1. The molecule has 0 aromatic heterocycles. The summed E-state index contributed by atoms with van der Waals surface area (Å²) in [6, 6.07) is 0. The van der Waals surface area contributed by atoms with Crippen LogP contribution in [0.25, 0.3) is 0 Å². The molecule has 5 atom stereocenters. The highest BCUT2D eigenvalue weighted by molar-refractivity contribution is 7.47. The Kier molecular flexibility index (Phi) is 71.8. The van der Waals surface area contributed by atoms with Gasteiger partial charge in [0.15, 0.2) is 12.2 Å². The first kappa shape index (κ1) is 97.7. The van der Waals surface area contributed by atoms with Crippen molar-refractivity contribution in [3.63, 3.8) is 0 Å². The van der Waals surface area contributed by atoms with Crippen LogP contribution in [0.15, 0.2) is 109 Å². The van der Waals surface area contributed by atoms with Crippen LogP contribution in [0.4, 0.5) is 0 Å². The monoisotopic (exact) mass is 1470 g/mol. The van der Waals surface area contributed by atoms with Crippen LogP contribution in [0.1, 0.15) is 336 Å². The van der Waals surface area contributed by atoms with Gasteiger partial charge in [0, 0.05) is 25.7 Å². The second-order valence-corrected chi connectivity index (χ2v) is 29.5. The van der Waals surface area contributed by atoms with Crippen LogP contribution in [0, 0.1) is 0 Å². The van der Waals surface area contributed by atoms with Gasteiger partial charge in [-0.25, -0.2) is 9.13 Å². The average Bonchev–Trinajstić information content (AvgIpc) is 0.917. The number of phosphoric acid groups is 2. The molecule has 0 aliphatic carbocycles. The van der Waals surface area contributed by atoms with Crippen LogP contribution in [-0.4, -0.2) is 96.7 Å². The molecular weight excluding hydrogens is 1330 g/mol. The number of hydrogen-bond acceptors (Lipinski definition) is 15. The van der Waals surface area contributed by atoms with Gasteiger partial charge in [0.2, 0.25) is 0 Å². The quantitative estimate of drug-likeness (QED) is 0.0169. The maximum absolute atomic E-state index is 13.1. The van der Waals surface area contributed by atoms with E-state index in [0.29, 0.717) is 32.1 Å². The number of carbonyl (C=O) groups is 4. The first-order valence-electron chi connectivity index (χ1n) is 40.1. The summed E-state index contributed by atoms with van der Waals surface area (Å²) >= 11 is 0. The van der Waals surface area contributed by atoms with E-state index in [1.54, 1.807) is 0 Å². The van der Waals surface area contributed by atoms with Crippen molar-refractivity contribution in [2.75, 3.05) is 39.6 Å². The van der Waals surface area contributed by atoms with Gasteiger partial charge in [0.25, 0.3) is 0 Å². The summed E-state index contributed by atoms with van der Waals surface area (Å²) in [6.07, 6.45) is 80.7. The van der Waals surface area contributed by atoms with E-state index in [4.69, 9.17) is 37.0 Å². The third-order valence-electron chi connectivity index (χ3n) is 16.7. The summed E-state index contributed by atoms with van der Waals surface area (Å²) in [6.45, 7) is 4.71. The zero-order valence-electron chi connectivity index (χ0n) is 64.3. The molecule has 0 aliphatic rings. The largest absolute Gasteiger partial charge is 0.472 e. The number of aliphatic hydroxyl groups is 1. The molecule has 588 valence electrons. The third kappa shape index (κ3) is 74.0. The Morgan fingerprint density at radius 1 is 0.275 bits per heavy atom. The van der Waals surface area contributed by atoms with Gasteiger partial charge in [-0.05, 0) is 154 Å². The van der Waals surface area contributed by atoms with E-state index in [9.17, 15) is 43.2 Å². The number of hydrogen-bond donors (Lipinski definition) is 3. The number of allylic oxidation sites excluding steroid dienone is 18. The van der Waals surface area contributed by atoms with Crippen LogP contribution in [0.3, 0.4) is 0 Å². The number of esters is 4. The van der Waals surface area contributed by atoms with Gasteiger partial charge in [-0.15, -0.1) is 0 Å². The summed E-state index contributed by atoms with van der Waals surface area (Å²) in [7, 11) is -9.98. The average molecular weight is 1480 g/mol. The molecule has 0 bridgehead atoms. The molecule has 102 heavy (non-hydrogen) atoms.